The van der Waals surface area contributed by atoms with Crippen LogP contribution in [0.2, 0.25) is 0 Å². The maximum absolute atomic E-state index is 5.73. The molecule has 0 spiro atoms. The Morgan fingerprint density at radius 2 is 2.33 bits per heavy atom. The van der Waals surface area contributed by atoms with Gasteiger partial charge < -0.3 is 5.73 Å². The topological polar surface area (TPSA) is 51.8 Å². The second-order valence-corrected chi connectivity index (χ2v) is 4.35. The smallest absolute Gasteiger partial charge is 0.160 e. The molecular weight excluding hydrogens is 206 g/mol. The fraction of sp³-hybridized carbons (Fsp3) is 0.273. The van der Waals surface area contributed by atoms with Crippen molar-refractivity contribution in [3.05, 3.63) is 34.8 Å². The van der Waals surface area contributed by atoms with Gasteiger partial charge in [0.2, 0.25) is 0 Å². The van der Waals surface area contributed by atoms with Gasteiger partial charge in [-0.1, -0.05) is 0 Å². The molecule has 0 saturated heterocycles. The first-order valence-electron chi connectivity index (χ1n) is 4.86. The first-order valence-corrected chi connectivity index (χ1v) is 5.80. The third-order valence-corrected chi connectivity index (χ3v) is 2.71. The van der Waals surface area contributed by atoms with Crippen LogP contribution in [0.25, 0.3) is 11.4 Å². The van der Waals surface area contributed by atoms with Gasteiger partial charge in [0, 0.05) is 35.3 Å². The minimum atomic E-state index is 0.134. The molecule has 0 aliphatic carbocycles. The van der Waals surface area contributed by atoms with Gasteiger partial charge >= 0.3 is 0 Å². The van der Waals surface area contributed by atoms with Crippen molar-refractivity contribution < 1.29 is 0 Å². The lowest BCUT2D eigenvalue weighted by Crippen LogP contribution is -2.18. The first kappa shape index (κ1) is 10.3. The number of hydrogen-bond donors (Lipinski definition) is 1. The number of rotatable bonds is 3. The van der Waals surface area contributed by atoms with Gasteiger partial charge in [-0.15, -0.1) is 0 Å². The summed E-state index contributed by atoms with van der Waals surface area (Å²) >= 11 is 1.65. The van der Waals surface area contributed by atoms with Crippen LogP contribution >= 0.6 is 11.3 Å². The van der Waals surface area contributed by atoms with E-state index in [1.165, 1.54) is 0 Å². The number of thiophene rings is 1. The average molecular weight is 219 g/mol. The molecule has 78 valence electrons. The highest BCUT2D eigenvalue weighted by molar-refractivity contribution is 7.08. The molecule has 2 N–H and O–H groups in total. The summed E-state index contributed by atoms with van der Waals surface area (Å²) in [6, 6.07) is 4.07. The molecule has 4 heteroatoms. The summed E-state index contributed by atoms with van der Waals surface area (Å²) in [4.78, 5) is 8.71. The van der Waals surface area contributed by atoms with Crippen molar-refractivity contribution in [1.82, 2.24) is 9.97 Å². The number of hydrogen-bond acceptors (Lipinski definition) is 4. The van der Waals surface area contributed by atoms with Crippen molar-refractivity contribution in [3.8, 4) is 11.4 Å². The van der Waals surface area contributed by atoms with Crippen molar-refractivity contribution in [1.29, 1.82) is 0 Å². The molecule has 0 aromatic carbocycles. The van der Waals surface area contributed by atoms with Crippen LogP contribution in [0, 0.1) is 0 Å². The molecule has 2 aromatic rings. The summed E-state index contributed by atoms with van der Waals surface area (Å²) in [7, 11) is 0. The van der Waals surface area contributed by atoms with E-state index in [9.17, 15) is 0 Å². The van der Waals surface area contributed by atoms with Gasteiger partial charge in [0.15, 0.2) is 5.82 Å². The van der Waals surface area contributed by atoms with Crippen molar-refractivity contribution in [3.63, 3.8) is 0 Å². The van der Waals surface area contributed by atoms with Gasteiger partial charge in [0.1, 0.15) is 0 Å². The van der Waals surface area contributed by atoms with E-state index in [1.54, 1.807) is 17.5 Å². The zero-order chi connectivity index (χ0) is 10.7. The molecule has 2 aromatic heterocycles. The minimum Gasteiger partial charge on any atom is -0.328 e. The number of nitrogens with two attached hydrogens (primary N) is 1. The highest BCUT2D eigenvalue weighted by Crippen LogP contribution is 2.17. The largest absolute Gasteiger partial charge is 0.328 e. The third-order valence-electron chi connectivity index (χ3n) is 2.02. The van der Waals surface area contributed by atoms with Gasteiger partial charge in [0.05, 0.1) is 0 Å². The molecule has 2 heterocycles. The highest BCUT2D eigenvalue weighted by Gasteiger charge is 2.04. The molecule has 0 aliphatic rings. The van der Waals surface area contributed by atoms with Crippen LogP contribution in [0.3, 0.4) is 0 Å². The maximum atomic E-state index is 5.73. The van der Waals surface area contributed by atoms with Crippen LogP contribution < -0.4 is 5.73 Å². The Morgan fingerprint density at radius 3 is 3.00 bits per heavy atom. The second-order valence-electron chi connectivity index (χ2n) is 3.57. The van der Waals surface area contributed by atoms with Crippen LogP contribution in [0.1, 0.15) is 12.6 Å². The zero-order valence-corrected chi connectivity index (χ0v) is 9.37. The van der Waals surface area contributed by atoms with Crippen LogP contribution in [0.4, 0.5) is 0 Å². The van der Waals surface area contributed by atoms with E-state index in [4.69, 9.17) is 5.73 Å². The van der Waals surface area contributed by atoms with E-state index in [0.29, 0.717) is 0 Å². The van der Waals surface area contributed by atoms with Gasteiger partial charge in [-0.25, -0.2) is 9.97 Å². The summed E-state index contributed by atoms with van der Waals surface area (Å²) in [6.07, 6.45) is 2.58. The quantitative estimate of drug-likeness (QED) is 0.860. The Kier molecular flexibility index (Phi) is 3.08. The third kappa shape index (κ3) is 2.61. The molecule has 0 fully saturated rings. The summed E-state index contributed by atoms with van der Waals surface area (Å²) in [5.41, 5.74) is 7.81. The maximum Gasteiger partial charge on any atom is 0.160 e. The van der Waals surface area contributed by atoms with E-state index in [0.717, 1.165) is 23.5 Å². The highest BCUT2D eigenvalue weighted by atomic mass is 32.1. The lowest BCUT2D eigenvalue weighted by molar-refractivity contribution is 0.720. The Bertz CT molecular complexity index is 423. The fourth-order valence-corrected chi connectivity index (χ4v) is 2.00. The Balaban J connectivity index is 2.27. The molecule has 3 nitrogen and oxygen atoms in total. The monoisotopic (exact) mass is 219 g/mol. The van der Waals surface area contributed by atoms with Gasteiger partial charge in [-0.3, -0.25) is 0 Å². The Morgan fingerprint density at radius 1 is 1.47 bits per heavy atom. The summed E-state index contributed by atoms with van der Waals surface area (Å²) in [6.45, 7) is 1.98. The Labute approximate surface area is 93.0 Å². The molecular formula is C11H13N3S. The van der Waals surface area contributed by atoms with Crippen molar-refractivity contribution in [2.24, 2.45) is 5.73 Å². The van der Waals surface area contributed by atoms with Crippen LogP contribution in [-0.2, 0) is 6.42 Å². The second kappa shape index (κ2) is 4.51. The molecule has 0 aliphatic heterocycles. The van der Waals surface area contributed by atoms with E-state index in [-0.39, 0.29) is 6.04 Å². The van der Waals surface area contributed by atoms with Crippen LogP contribution in [0.5, 0.6) is 0 Å². The van der Waals surface area contributed by atoms with Crippen molar-refractivity contribution in [2.75, 3.05) is 0 Å². The molecule has 0 saturated carbocycles. The SMILES string of the molecule is CC(N)Cc1ccnc(-c2ccsc2)n1. The fourth-order valence-electron chi connectivity index (χ4n) is 1.37. The van der Waals surface area contributed by atoms with Crippen molar-refractivity contribution in [2.45, 2.75) is 19.4 Å². The van der Waals surface area contributed by atoms with Gasteiger partial charge in [-0.05, 0) is 24.4 Å². The van der Waals surface area contributed by atoms with Gasteiger partial charge in [-0.2, -0.15) is 11.3 Å². The van der Waals surface area contributed by atoms with Gasteiger partial charge in [0.25, 0.3) is 0 Å². The first-order chi connectivity index (χ1) is 7.25. The standard InChI is InChI=1S/C11H13N3S/c1-8(12)6-10-2-4-13-11(14-10)9-3-5-15-7-9/h2-5,7-8H,6,12H2,1H3. The lowest BCUT2D eigenvalue weighted by atomic mass is 10.2. The summed E-state index contributed by atoms with van der Waals surface area (Å²) in [5, 5.41) is 4.07. The molecule has 0 amide bonds. The van der Waals surface area contributed by atoms with E-state index in [2.05, 4.69) is 9.97 Å². The van der Waals surface area contributed by atoms with Crippen LogP contribution in [0.15, 0.2) is 29.1 Å². The Hall–Kier alpha value is -1.26. The number of nitrogens with zero attached hydrogens (tertiary/aromatic N) is 2. The van der Waals surface area contributed by atoms with Crippen molar-refractivity contribution >= 4 is 11.3 Å². The molecule has 0 bridgehead atoms. The molecule has 15 heavy (non-hydrogen) atoms. The summed E-state index contributed by atoms with van der Waals surface area (Å²) in [5.74, 6) is 0.786. The predicted octanol–water partition coefficient (Wildman–Crippen LogP) is 2.09. The lowest BCUT2D eigenvalue weighted by Gasteiger charge is -2.04. The molecule has 2 rings (SSSR count). The number of aromatic nitrogens is 2. The molecule has 0 radical (unpaired) electrons. The molecule has 1 unspecified atom stereocenters. The van der Waals surface area contributed by atoms with Crippen LogP contribution in [-0.4, -0.2) is 16.0 Å². The normalized spacial score (nSPS) is 12.7. The summed E-state index contributed by atoms with van der Waals surface area (Å²) < 4.78 is 0. The average Bonchev–Trinajstić information content (AvgIpc) is 2.69. The van der Waals surface area contributed by atoms with E-state index >= 15 is 0 Å². The zero-order valence-electron chi connectivity index (χ0n) is 8.55. The molecule has 1 atom stereocenters. The minimum absolute atomic E-state index is 0.134. The predicted molar refractivity (Wildman–Crippen MR) is 62.7 cm³/mol. The van der Waals surface area contributed by atoms with E-state index in [1.807, 2.05) is 29.8 Å². The van der Waals surface area contributed by atoms with E-state index < -0.39 is 0 Å².